The molecule has 0 spiro atoms. The third-order valence-electron chi connectivity index (χ3n) is 5.37. The van der Waals surface area contributed by atoms with Gasteiger partial charge >= 0.3 is 0 Å². The van der Waals surface area contributed by atoms with Crippen LogP contribution in [0.25, 0.3) is 0 Å². The van der Waals surface area contributed by atoms with E-state index in [-0.39, 0.29) is 21.3 Å². The zero-order chi connectivity index (χ0) is 17.7. The molecule has 6 heteroatoms. The first-order valence-corrected chi connectivity index (χ1v) is 9.85. The first-order chi connectivity index (χ1) is 12.0. The number of sulfone groups is 1. The van der Waals surface area contributed by atoms with Gasteiger partial charge in [-0.2, -0.15) is 0 Å². The molecular formula is C19H21NO4S. The van der Waals surface area contributed by atoms with E-state index in [1.54, 1.807) is 36.4 Å². The molecule has 0 aliphatic carbocycles. The number of benzene rings is 2. The first-order valence-electron chi connectivity index (χ1n) is 8.37. The number of nitrogens with one attached hydrogen (secondary N) is 1. The fraction of sp³-hybridized carbons (Fsp3) is 0.368. The molecule has 0 saturated carbocycles. The second kappa shape index (κ2) is 5.75. The van der Waals surface area contributed by atoms with E-state index in [0.717, 1.165) is 25.1 Å². The molecule has 0 radical (unpaired) electrons. The van der Waals surface area contributed by atoms with Gasteiger partial charge in [-0.1, -0.05) is 25.1 Å². The Kier molecular flexibility index (Phi) is 3.77. The van der Waals surface area contributed by atoms with E-state index in [2.05, 4.69) is 12.2 Å². The minimum Gasteiger partial charge on any atom is -0.495 e. The van der Waals surface area contributed by atoms with Crippen molar-refractivity contribution in [3.63, 3.8) is 0 Å². The number of fused-ring (bicyclic) bond motifs is 3. The van der Waals surface area contributed by atoms with E-state index in [0.29, 0.717) is 11.5 Å². The zero-order valence-corrected chi connectivity index (χ0v) is 15.1. The van der Waals surface area contributed by atoms with Gasteiger partial charge in [-0.15, -0.1) is 0 Å². The number of para-hydroxylation sites is 1. The highest BCUT2D eigenvalue weighted by molar-refractivity contribution is 7.91. The largest absolute Gasteiger partial charge is 0.495 e. The van der Waals surface area contributed by atoms with Crippen LogP contribution in [0.5, 0.6) is 11.5 Å². The van der Waals surface area contributed by atoms with Crippen molar-refractivity contribution in [1.29, 1.82) is 0 Å². The maximum atomic E-state index is 13.1. The number of rotatable bonds is 3. The summed E-state index contributed by atoms with van der Waals surface area (Å²) in [6.45, 7) is 3.91. The van der Waals surface area contributed by atoms with Gasteiger partial charge in [-0.05, 0) is 37.2 Å². The predicted octanol–water partition coefficient (Wildman–Crippen LogP) is 2.54. The van der Waals surface area contributed by atoms with Gasteiger partial charge in [0.05, 0.1) is 12.0 Å². The summed E-state index contributed by atoms with van der Waals surface area (Å²) in [5.74, 6) is 1.01. The van der Waals surface area contributed by atoms with Crippen molar-refractivity contribution in [2.24, 2.45) is 0 Å². The lowest BCUT2D eigenvalue weighted by atomic mass is 9.74. The van der Waals surface area contributed by atoms with Crippen LogP contribution in [0.2, 0.25) is 0 Å². The van der Waals surface area contributed by atoms with Gasteiger partial charge in [0.25, 0.3) is 0 Å². The normalized spacial score (nSPS) is 25.0. The summed E-state index contributed by atoms with van der Waals surface area (Å²) < 4.78 is 37.4. The van der Waals surface area contributed by atoms with Crippen molar-refractivity contribution in [3.8, 4) is 11.5 Å². The van der Waals surface area contributed by atoms with Crippen LogP contribution in [-0.4, -0.2) is 34.7 Å². The average molecular weight is 359 g/mol. The fourth-order valence-electron chi connectivity index (χ4n) is 3.81. The molecule has 2 aromatic carbocycles. The van der Waals surface area contributed by atoms with Gasteiger partial charge in [-0.25, -0.2) is 8.42 Å². The van der Waals surface area contributed by atoms with Crippen molar-refractivity contribution in [3.05, 3.63) is 48.0 Å². The average Bonchev–Trinajstić information content (AvgIpc) is 2.93. The van der Waals surface area contributed by atoms with E-state index in [4.69, 9.17) is 9.47 Å². The van der Waals surface area contributed by atoms with Crippen LogP contribution in [0.3, 0.4) is 0 Å². The monoisotopic (exact) mass is 359 g/mol. The highest BCUT2D eigenvalue weighted by Crippen LogP contribution is 2.47. The number of ether oxygens (including phenoxy) is 2. The highest BCUT2D eigenvalue weighted by Gasteiger charge is 2.46. The SMILES string of the molecule is COc1ccccc1S(=O)(=O)c1ccc2c(c1)OC1CNCCC21C. The predicted molar refractivity (Wildman–Crippen MR) is 94.1 cm³/mol. The topological polar surface area (TPSA) is 64.6 Å². The maximum Gasteiger partial charge on any atom is 0.210 e. The standard InChI is InChI=1S/C19H21NO4S/c1-19-9-10-20-12-18(19)24-16-11-13(7-8-14(16)19)25(21,22)17-6-4-3-5-15(17)23-2/h3-8,11,18,20H,9-10,12H2,1-2H3. The van der Waals surface area contributed by atoms with E-state index in [1.165, 1.54) is 7.11 Å². The Morgan fingerprint density at radius 2 is 2.04 bits per heavy atom. The lowest BCUT2D eigenvalue weighted by Crippen LogP contribution is -2.49. The molecule has 2 aromatic rings. The smallest absolute Gasteiger partial charge is 0.210 e. The van der Waals surface area contributed by atoms with Crippen molar-refractivity contribution >= 4 is 9.84 Å². The van der Waals surface area contributed by atoms with Crippen LogP contribution in [0.1, 0.15) is 18.9 Å². The van der Waals surface area contributed by atoms with Crippen molar-refractivity contribution < 1.29 is 17.9 Å². The van der Waals surface area contributed by atoms with E-state index >= 15 is 0 Å². The van der Waals surface area contributed by atoms with E-state index < -0.39 is 9.84 Å². The van der Waals surface area contributed by atoms with Crippen LogP contribution in [0.4, 0.5) is 0 Å². The van der Waals surface area contributed by atoms with Gasteiger partial charge in [0.2, 0.25) is 9.84 Å². The second-order valence-electron chi connectivity index (χ2n) is 6.79. The molecule has 0 amide bonds. The third-order valence-corrected chi connectivity index (χ3v) is 7.16. The van der Waals surface area contributed by atoms with E-state index in [1.807, 2.05) is 6.07 Å². The Bertz CT molecular complexity index is 925. The zero-order valence-electron chi connectivity index (χ0n) is 14.3. The van der Waals surface area contributed by atoms with Crippen molar-refractivity contribution in [2.75, 3.05) is 20.2 Å². The fourth-order valence-corrected chi connectivity index (χ4v) is 5.24. The summed E-state index contributed by atoms with van der Waals surface area (Å²) in [5, 5.41) is 3.34. The molecule has 2 heterocycles. The molecule has 1 fully saturated rings. The van der Waals surface area contributed by atoms with Crippen molar-refractivity contribution in [1.82, 2.24) is 5.32 Å². The summed E-state index contributed by atoms with van der Waals surface area (Å²) in [5.41, 5.74) is 1.03. The molecule has 25 heavy (non-hydrogen) atoms. The second-order valence-corrected chi connectivity index (χ2v) is 8.71. The molecule has 0 aromatic heterocycles. The number of methoxy groups -OCH3 is 1. The van der Waals surface area contributed by atoms with Crippen LogP contribution < -0.4 is 14.8 Å². The molecule has 2 aliphatic heterocycles. The Morgan fingerprint density at radius 3 is 2.84 bits per heavy atom. The summed E-state index contributed by atoms with van der Waals surface area (Å²) in [6.07, 6.45) is 1.02. The molecule has 5 nitrogen and oxygen atoms in total. The first kappa shape index (κ1) is 16.4. The molecule has 1 N–H and O–H groups in total. The number of hydrogen-bond donors (Lipinski definition) is 1. The van der Waals surface area contributed by atoms with Crippen molar-refractivity contribution in [2.45, 2.75) is 34.7 Å². The summed E-state index contributed by atoms with van der Waals surface area (Å²) in [4.78, 5) is 0.395. The minimum absolute atomic E-state index is 0.0421. The molecule has 0 bridgehead atoms. The van der Waals surface area contributed by atoms with Gasteiger partial charge < -0.3 is 14.8 Å². The quantitative estimate of drug-likeness (QED) is 0.912. The Hall–Kier alpha value is -2.05. The lowest BCUT2D eigenvalue weighted by Gasteiger charge is -2.35. The van der Waals surface area contributed by atoms with E-state index in [9.17, 15) is 8.42 Å². The molecule has 2 aliphatic rings. The third kappa shape index (κ3) is 2.43. The number of hydrogen-bond acceptors (Lipinski definition) is 5. The van der Waals surface area contributed by atoms with Crippen LogP contribution in [0, 0.1) is 0 Å². The van der Waals surface area contributed by atoms with Crippen LogP contribution >= 0.6 is 0 Å². The Morgan fingerprint density at radius 1 is 1.24 bits per heavy atom. The van der Waals surface area contributed by atoms with Gasteiger partial charge in [0.1, 0.15) is 22.5 Å². The molecule has 2 atom stereocenters. The van der Waals surface area contributed by atoms with Gasteiger partial charge in [0, 0.05) is 17.5 Å². The Balaban J connectivity index is 1.79. The minimum atomic E-state index is -3.68. The molecule has 132 valence electrons. The maximum absolute atomic E-state index is 13.1. The van der Waals surface area contributed by atoms with Crippen LogP contribution in [-0.2, 0) is 15.3 Å². The molecular weight excluding hydrogens is 338 g/mol. The molecule has 4 rings (SSSR count). The van der Waals surface area contributed by atoms with Gasteiger partial charge in [0.15, 0.2) is 0 Å². The Labute approximate surface area is 147 Å². The lowest BCUT2D eigenvalue weighted by molar-refractivity contribution is 0.123. The number of piperidine rings is 1. The van der Waals surface area contributed by atoms with Gasteiger partial charge in [-0.3, -0.25) is 0 Å². The molecule has 1 saturated heterocycles. The van der Waals surface area contributed by atoms with Crippen LogP contribution in [0.15, 0.2) is 52.3 Å². The summed E-state index contributed by atoms with van der Waals surface area (Å²) >= 11 is 0. The summed E-state index contributed by atoms with van der Waals surface area (Å²) in [6, 6.07) is 11.9. The highest BCUT2D eigenvalue weighted by atomic mass is 32.2. The summed E-state index contributed by atoms with van der Waals surface area (Å²) in [7, 11) is -2.21. The molecule has 2 unspecified atom stereocenters.